The number of esters is 1. The molecule has 1 heterocycles. The molecule has 3 heteroatoms. The van der Waals surface area contributed by atoms with Crippen molar-refractivity contribution < 1.29 is 9.53 Å². The highest BCUT2D eigenvalue weighted by Crippen LogP contribution is 2.50. The van der Waals surface area contributed by atoms with Gasteiger partial charge < -0.3 is 10.5 Å². The van der Waals surface area contributed by atoms with Crippen LogP contribution >= 0.6 is 0 Å². The van der Waals surface area contributed by atoms with Gasteiger partial charge in [0, 0.05) is 18.5 Å². The number of rotatable bonds is 4. The van der Waals surface area contributed by atoms with Crippen LogP contribution in [0.1, 0.15) is 37.9 Å². The molecule has 0 aliphatic carbocycles. The third kappa shape index (κ3) is 2.47. The Bertz CT molecular complexity index is 658. The molecule has 0 bridgehead atoms. The van der Waals surface area contributed by atoms with Crippen molar-refractivity contribution in [1.29, 1.82) is 0 Å². The molecule has 3 nitrogen and oxygen atoms in total. The summed E-state index contributed by atoms with van der Waals surface area (Å²) < 4.78 is 5.70. The van der Waals surface area contributed by atoms with E-state index in [0.717, 1.165) is 5.56 Å². The third-order valence-electron chi connectivity index (χ3n) is 4.13. The Kier molecular flexibility index (Phi) is 4.59. The maximum absolute atomic E-state index is 12.3. The topological polar surface area (TPSA) is 52.3 Å². The van der Waals surface area contributed by atoms with Crippen LogP contribution in [0.25, 0.3) is 0 Å². The van der Waals surface area contributed by atoms with Gasteiger partial charge >= 0.3 is 5.97 Å². The van der Waals surface area contributed by atoms with Crippen molar-refractivity contribution in [1.82, 2.24) is 0 Å². The lowest BCUT2D eigenvalue weighted by Crippen LogP contribution is -2.42. The highest BCUT2D eigenvalue weighted by molar-refractivity contribution is 5.90. The number of ether oxygens (including phenoxy) is 1. The Labute approximate surface area is 131 Å². The average molecular weight is 293 g/mol. The fourth-order valence-corrected chi connectivity index (χ4v) is 2.99. The lowest BCUT2D eigenvalue weighted by atomic mass is 9.68. The normalized spacial score (nSPS) is 20.0. The Morgan fingerprint density at radius 2 is 1.82 bits per heavy atom. The van der Waals surface area contributed by atoms with Gasteiger partial charge in [-0.2, -0.15) is 0 Å². The van der Waals surface area contributed by atoms with E-state index in [9.17, 15) is 4.79 Å². The van der Waals surface area contributed by atoms with E-state index in [-0.39, 0.29) is 0 Å². The number of hydrogen-bond donors (Lipinski definition) is 1. The molecule has 0 aromatic heterocycles. The highest BCUT2D eigenvalue weighted by Gasteiger charge is 2.49. The largest absolute Gasteiger partial charge is 0.453 e. The van der Waals surface area contributed by atoms with Crippen LogP contribution in [0, 0.1) is 30.1 Å². The zero-order valence-electron chi connectivity index (χ0n) is 12.6. The van der Waals surface area contributed by atoms with E-state index in [1.54, 1.807) is 0 Å². The van der Waals surface area contributed by atoms with Gasteiger partial charge in [0.25, 0.3) is 0 Å². The van der Waals surface area contributed by atoms with Gasteiger partial charge in [-0.15, -0.1) is 24.7 Å². The average Bonchev–Trinajstić information content (AvgIpc) is 2.53. The molecule has 1 aliphatic rings. The summed E-state index contributed by atoms with van der Waals surface area (Å²) in [7, 11) is 0. The van der Waals surface area contributed by atoms with Crippen LogP contribution in [0.15, 0.2) is 41.6 Å². The Balaban J connectivity index is 2.67. The molecule has 0 saturated carbocycles. The molecule has 1 aromatic carbocycles. The van der Waals surface area contributed by atoms with Gasteiger partial charge in [0.15, 0.2) is 0 Å². The molecule has 0 fully saturated rings. The minimum Gasteiger partial charge on any atom is -0.453 e. The van der Waals surface area contributed by atoms with Gasteiger partial charge in [0.05, 0.1) is 11.0 Å². The molecule has 0 amide bonds. The predicted molar refractivity (Wildman–Crippen MR) is 86.1 cm³/mol. The Morgan fingerprint density at radius 1 is 1.23 bits per heavy atom. The first kappa shape index (κ1) is 15.7. The van der Waals surface area contributed by atoms with Crippen molar-refractivity contribution in [3.63, 3.8) is 0 Å². The lowest BCUT2D eigenvalue weighted by molar-refractivity contribution is -0.154. The number of terminal acetylenes is 2. The molecule has 1 unspecified atom stereocenters. The molecule has 0 radical (unpaired) electrons. The van der Waals surface area contributed by atoms with Crippen molar-refractivity contribution in [3.8, 4) is 24.7 Å². The summed E-state index contributed by atoms with van der Waals surface area (Å²) in [6, 6.07) is 9.45. The van der Waals surface area contributed by atoms with Crippen LogP contribution in [-0.4, -0.2) is 5.97 Å². The van der Waals surface area contributed by atoms with E-state index in [0.29, 0.717) is 30.5 Å². The number of cyclic esters (lactones) is 1. The second-order valence-electron chi connectivity index (χ2n) is 5.36. The van der Waals surface area contributed by atoms with E-state index in [1.165, 1.54) is 0 Å². The molecule has 1 atom stereocenters. The number of nitrogens with two attached hydrogens (primary N) is 1. The van der Waals surface area contributed by atoms with Gasteiger partial charge in [-0.3, -0.25) is 0 Å². The molecule has 22 heavy (non-hydrogen) atoms. The highest BCUT2D eigenvalue weighted by atomic mass is 16.5. The SMILES string of the molecule is C#CCC1(CC#C)C(N)=C(CC)C(=O)OC1c1ccccc1. The van der Waals surface area contributed by atoms with Crippen LogP contribution in [0.2, 0.25) is 0 Å². The fourth-order valence-electron chi connectivity index (χ4n) is 2.99. The van der Waals surface area contributed by atoms with Crippen LogP contribution in [0.4, 0.5) is 0 Å². The maximum atomic E-state index is 12.3. The zero-order chi connectivity index (χ0) is 16.2. The first-order valence-electron chi connectivity index (χ1n) is 7.22. The van der Waals surface area contributed by atoms with Crippen LogP contribution in [0.3, 0.4) is 0 Å². The number of benzene rings is 1. The van der Waals surface area contributed by atoms with E-state index in [1.807, 2.05) is 37.3 Å². The van der Waals surface area contributed by atoms with Gasteiger partial charge in [-0.05, 0) is 12.0 Å². The summed E-state index contributed by atoms with van der Waals surface area (Å²) >= 11 is 0. The van der Waals surface area contributed by atoms with Crippen LogP contribution in [-0.2, 0) is 9.53 Å². The van der Waals surface area contributed by atoms with Gasteiger partial charge in [-0.25, -0.2) is 4.79 Å². The van der Waals surface area contributed by atoms with Crippen molar-refractivity contribution >= 4 is 5.97 Å². The summed E-state index contributed by atoms with van der Waals surface area (Å²) in [6.45, 7) is 1.86. The van der Waals surface area contributed by atoms with Crippen molar-refractivity contribution in [2.45, 2.75) is 32.3 Å². The Morgan fingerprint density at radius 3 is 2.32 bits per heavy atom. The quantitative estimate of drug-likeness (QED) is 0.686. The maximum Gasteiger partial charge on any atom is 0.336 e. The predicted octanol–water partition coefficient (Wildman–Crippen LogP) is 2.94. The molecule has 2 rings (SSSR count). The van der Waals surface area contributed by atoms with Crippen LogP contribution < -0.4 is 5.73 Å². The van der Waals surface area contributed by atoms with Crippen molar-refractivity contribution in [3.05, 3.63) is 47.2 Å². The molecule has 1 aromatic rings. The number of carbonyl (C=O) groups is 1. The smallest absolute Gasteiger partial charge is 0.336 e. The summed E-state index contributed by atoms with van der Waals surface area (Å²) in [4.78, 5) is 12.3. The molecule has 0 saturated heterocycles. The van der Waals surface area contributed by atoms with Crippen molar-refractivity contribution in [2.75, 3.05) is 0 Å². The molecule has 1 aliphatic heterocycles. The van der Waals surface area contributed by atoms with E-state index in [4.69, 9.17) is 23.3 Å². The van der Waals surface area contributed by atoms with E-state index >= 15 is 0 Å². The summed E-state index contributed by atoms with van der Waals surface area (Å²) in [5.74, 6) is 4.91. The third-order valence-corrected chi connectivity index (χ3v) is 4.13. The second kappa shape index (κ2) is 6.41. The number of carbonyl (C=O) groups excluding carboxylic acids is 1. The molecular formula is C19H19NO2. The summed E-state index contributed by atoms with van der Waals surface area (Å²) in [5.41, 5.74) is 7.39. The van der Waals surface area contributed by atoms with E-state index < -0.39 is 17.5 Å². The van der Waals surface area contributed by atoms with Crippen LogP contribution in [0.5, 0.6) is 0 Å². The molecule has 112 valence electrons. The zero-order valence-corrected chi connectivity index (χ0v) is 12.6. The molecule has 0 spiro atoms. The van der Waals surface area contributed by atoms with Gasteiger partial charge in [0.2, 0.25) is 0 Å². The number of hydrogen-bond acceptors (Lipinski definition) is 3. The first-order valence-corrected chi connectivity index (χ1v) is 7.22. The lowest BCUT2D eigenvalue weighted by Gasteiger charge is -2.42. The van der Waals surface area contributed by atoms with Gasteiger partial charge in [-0.1, -0.05) is 37.3 Å². The Hall–Kier alpha value is -2.65. The van der Waals surface area contributed by atoms with Gasteiger partial charge in [0.1, 0.15) is 6.10 Å². The van der Waals surface area contributed by atoms with E-state index in [2.05, 4.69) is 11.8 Å². The molecule has 2 N–H and O–H groups in total. The minimum atomic E-state index is -0.746. The minimum absolute atomic E-state index is 0.319. The second-order valence-corrected chi connectivity index (χ2v) is 5.36. The first-order chi connectivity index (χ1) is 10.6. The standard InChI is InChI=1S/C19H19NO2/c1-4-12-19(13-5-2)16(20)15(6-3)18(21)22-17(19)14-10-8-7-9-11-14/h1-2,7-11,17H,6,12-13,20H2,3H3. The fraction of sp³-hybridized carbons (Fsp3) is 0.316. The molecular weight excluding hydrogens is 274 g/mol. The summed E-state index contributed by atoms with van der Waals surface area (Å²) in [6.07, 6.45) is 11.7. The van der Waals surface area contributed by atoms with Crippen molar-refractivity contribution in [2.24, 2.45) is 11.1 Å². The summed E-state index contributed by atoms with van der Waals surface area (Å²) in [5, 5.41) is 0. The monoisotopic (exact) mass is 293 g/mol.